The summed E-state index contributed by atoms with van der Waals surface area (Å²) < 4.78 is 0.690. The molecular formula is C16H16BrNO. The van der Waals surface area contributed by atoms with Gasteiger partial charge in [0, 0.05) is 11.8 Å². The number of aryl methyl sites for hydroxylation is 3. The van der Waals surface area contributed by atoms with Gasteiger partial charge in [-0.1, -0.05) is 18.2 Å². The molecule has 1 N–H and O–H groups in total. The molecule has 0 amide bonds. The molecule has 2 nitrogen and oxygen atoms in total. The molecule has 0 saturated carbocycles. The maximum atomic E-state index is 10.0. The highest BCUT2D eigenvalue weighted by Crippen LogP contribution is 2.29. The van der Waals surface area contributed by atoms with Crippen LogP contribution in [0.25, 0.3) is 0 Å². The molecule has 0 radical (unpaired) electrons. The lowest BCUT2D eigenvalue weighted by molar-refractivity contribution is 0.471. The van der Waals surface area contributed by atoms with E-state index in [0.29, 0.717) is 4.47 Å². The van der Waals surface area contributed by atoms with E-state index in [9.17, 15) is 5.11 Å². The Balaban J connectivity index is 2.44. The monoisotopic (exact) mass is 317 g/mol. The second kappa shape index (κ2) is 5.57. The Kier molecular flexibility index (Phi) is 4.05. The van der Waals surface area contributed by atoms with Gasteiger partial charge in [0.25, 0.3) is 0 Å². The fourth-order valence-corrected chi connectivity index (χ4v) is 2.59. The van der Waals surface area contributed by atoms with Crippen molar-refractivity contribution >= 4 is 27.8 Å². The highest BCUT2D eigenvalue weighted by atomic mass is 79.9. The van der Waals surface area contributed by atoms with E-state index >= 15 is 0 Å². The summed E-state index contributed by atoms with van der Waals surface area (Å²) in [7, 11) is 0. The highest BCUT2D eigenvalue weighted by molar-refractivity contribution is 9.10. The molecule has 3 heteroatoms. The predicted octanol–water partition coefficient (Wildman–Crippen LogP) is 4.83. The van der Waals surface area contributed by atoms with E-state index in [1.807, 2.05) is 51.1 Å². The van der Waals surface area contributed by atoms with Crippen LogP contribution in [0.4, 0.5) is 5.69 Å². The molecule has 19 heavy (non-hydrogen) atoms. The van der Waals surface area contributed by atoms with Crippen molar-refractivity contribution in [2.24, 2.45) is 4.99 Å². The van der Waals surface area contributed by atoms with Gasteiger partial charge in [0.05, 0.1) is 10.2 Å². The van der Waals surface area contributed by atoms with Crippen molar-refractivity contribution in [2.75, 3.05) is 0 Å². The maximum absolute atomic E-state index is 10.0. The molecule has 0 aromatic heterocycles. The summed E-state index contributed by atoms with van der Waals surface area (Å²) in [5.41, 5.74) is 5.01. The van der Waals surface area contributed by atoms with Crippen molar-refractivity contribution in [1.29, 1.82) is 0 Å². The van der Waals surface area contributed by atoms with Crippen molar-refractivity contribution < 1.29 is 5.11 Å². The zero-order valence-corrected chi connectivity index (χ0v) is 12.8. The van der Waals surface area contributed by atoms with E-state index in [-0.39, 0.29) is 5.75 Å². The van der Waals surface area contributed by atoms with Gasteiger partial charge in [0.1, 0.15) is 5.75 Å². The van der Waals surface area contributed by atoms with Crippen molar-refractivity contribution in [1.82, 2.24) is 0 Å². The third-order valence-corrected chi connectivity index (χ3v) is 3.61. The van der Waals surface area contributed by atoms with Gasteiger partial charge in [-0.05, 0) is 65.5 Å². The van der Waals surface area contributed by atoms with Crippen LogP contribution in [-0.4, -0.2) is 11.3 Å². The number of para-hydroxylation sites is 1. The largest absolute Gasteiger partial charge is 0.506 e. The molecule has 2 rings (SSSR count). The number of hydrogen-bond donors (Lipinski definition) is 1. The van der Waals surface area contributed by atoms with Gasteiger partial charge in [0.15, 0.2) is 0 Å². The molecule has 0 aliphatic rings. The number of rotatable bonds is 2. The second-order valence-corrected chi connectivity index (χ2v) is 5.54. The number of nitrogens with zero attached hydrogens (tertiary/aromatic N) is 1. The van der Waals surface area contributed by atoms with Crippen LogP contribution in [-0.2, 0) is 0 Å². The zero-order chi connectivity index (χ0) is 14.0. The van der Waals surface area contributed by atoms with Crippen LogP contribution in [0.1, 0.15) is 22.3 Å². The topological polar surface area (TPSA) is 32.6 Å². The molecule has 0 saturated heterocycles. The first kappa shape index (κ1) is 13.8. The Hall–Kier alpha value is -1.61. The molecule has 0 fully saturated rings. The summed E-state index contributed by atoms with van der Waals surface area (Å²) >= 11 is 3.34. The van der Waals surface area contributed by atoms with Crippen molar-refractivity contribution in [3.63, 3.8) is 0 Å². The number of benzene rings is 2. The lowest BCUT2D eigenvalue weighted by Gasteiger charge is -2.06. The van der Waals surface area contributed by atoms with Crippen molar-refractivity contribution in [2.45, 2.75) is 20.8 Å². The number of aliphatic imine (C=N–C) groups is 1. The summed E-state index contributed by atoms with van der Waals surface area (Å²) in [5, 5.41) is 10.0. The van der Waals surface area contributed by atoms with Crippen molar-refractivity contribution in [3.8, 4) is 5.75 Å². The Morgan fingerprint density at radius 3 is 2.37 bits per heavy atom. The van der Waals surface area contributed by atoms with E-state index in [0.717, 1.165) is 27.9 Å². The van der Waals surface area contributed by atoms with Gasteiger partial charge in [-0.15, -0.1) is 0 Å². The van der Waals surface area contributed by atoms with E-state index in [1.54, 1.807) is 6.21 Å². The van der Waals surface area contributed by atoms with E-state index in [4.69, 9.17) is 0 Å². The lowest BCUT2D eigenvalue weighted by atomic mass is 10.1. The van der Waals surface area contributed by atoms with Crippen LogP contribution in [0.5, 0.6) is 5.75 Å². The fraction of sp³-hybridized carbons (Fsp3) is 0.188. The van der Waals surface area contributed by atoms with E-state index in [1.165, 1.54) is 0 Å². The number of phenolic OH excluding ortho intramolecular Hbond substituents is 1. The number of halogens is 1. The van der Waals surface area contributed by atoms with Gasteiger partial charge >= 0.3 is 0 Å². The normalized spacial score (nSPS) is 11.2. The minimum atomic E-state index is 0.223. The molecule has 0 spiro atoms. The Morgan fingerprint density at radius 2 is 1.74 bits per heavy atom. The van der Waals surface area contributed by atoms with Crippen LogP contribution in [0.3, 0.4) is 0 Å². The smallest absolute Gasteiger partial charge is 0.138 e. The van der Waals surface area contributed by atoms with Gasteiger partial charge in [0.2, 0.25) is 0 Å². The van der Waals surface area contributed by atoms with E-state index in [2.05, 4.69) is 20.9 Å². The minimum absolute atomic E-state index is 0.223. The number of aromatic hydroxyl groups is 1. The van der Waals surface area contributed by atoms with Crippen LogP contribution < -0.4 is 0 Å². The van der Waals surface area contributed by atoms with Gasteiger partial charge in [-0.3, -0.25) is 4.99 Å². The Bertz CT molecular complexity index is 627. The standard InChI is InChI=1S/C16H16BrNO/c1-10-7-13(16(19)14(17)8-10)9-18-15-11(2)5-4-6-12(15)3/h4-9,19H,1-3H3. The molecule has 0 unspecified atom stereocenters. The molecular weight excluding hydrogens is 302 g/mol. The first-order valence-electron chi connectivity index (χ1n) is 6.08. The van der Waals surface area contributed by atoms with E-state index < -0.39 is 0 Å². The van der Waals surface area contributed by atoms with Crippen LogP contribution in [0, 0.1) is 20.8 Å². The van der Waals surface area contributed by atoms with Crippen molar-refractivity contribution in [3.05, 3.63) is 57.1 Å². The third-order valence-electron chi connectivity index (χ3n) is 3.01. The predicted molar refractivity (Wildman–Crippen MR) is 83.7 cm³/mol. The number of hydrogen-bond acceptors (Lipinski definition) is 2. The zero-order valence-electron chi connectivity index (χ0n) is 11.2. The molecule has 2 aromatic carbocycles. The summed E-state index contributed by atoms with van der Waals surface area (Å²) in [5.74, 6) is 0.223. The molecule has 0 aliphatic heterocycles. The first-order valence-corrected chi connectivity index (χ1v) is 6.87. The summed E-state index contributed by atoms with van der Waals surface area (Å²) in [6.07, 6.45) is 1.71. The SMILES string of the molecule is Cc1cc(Br)c(O)c(C=Nc2c(C)cccc2C)c1. The van der Waals surface area contributed by atoms with Crippen LogP contribution in [0.15, 0.2) is 39.8 Å². The Morgan fingerprint density at radius 1 is 1.11 bits per heavy atom. The first-order chi connectivity index (χ1) is 8.99. The average Bonchev–Trinajstić information content (AvgIpc) is 2.34. The van der Waals surface area contributed by atoms with Crippen LogP contribution >= 0.6 is 15.9 Å². The number of phenols is 1. The average molecular weight is 318 g/mol. The molecule has 98 valence electrons. The van der Waals surface area contributed by atoms with Gasteiger partial charge < -0.3 is 5.11 Å². The molecule has 0 aliphatic carbocycles. The minimum Gasteiger partial charge on any atom is -0.506 e. The lowest BCUT2D eigenvalue weighted by Crippen LogP contribution is -1.87. The fourth-order valence-electron chi connectivity index (χ4n) is 2.00. The molecule has 0 atom stereocenters. The summed E-state index contributed by atoms with van der Waals surface area (Å²) in [6.45, 7) is 6.05. The second-order valence-electron chi connectivity index (χ2n) is 4.68. The maximum Gasteiger partial charge on any atom is 0.138 e. The third kappa shape index (κ3) is 3.04. The van der Waals surface area contributed by atoms with Gasteiger partial charge in [-0.2, -0.15) is 0 Å². The summed E-state index contributed by atoms with van der Waals surface area (Å²) in [6, 6.07) is 9.88. The molecule has 2 aromatic rings. The van der Waals surface area contributed by atoms with Gasteiger partial charge in [-0.25, -0.2) is 0 Å². The summed E-state index contributed by atoms with van der Waals surface area (Å²) in [4.78, 5) is 4.51. The molecule has 0 bridgehead atoms. The molecule has 0 heterocycles. The van der Waals surface area contributed by atoms with Crippen LogP contribution in [0.2, 0.25) is 0 Å². The highest BCUT2D eigenvalue weighted by Gasteiger charge is 2.05. The quantitative estimate of drug-likeness (QED) is 0.790. The Labute approximate surface area is 122 Å².